The van der Waals surface area contributed by atoms with Crippen LogP contribution in [0.4, 0.5) is 4.79 Å². The zero-order valence-corrected chi connectivity index (χ0v) is 17.0. The molecule has 0 fully saturated rings. The fourth-order valence-electron chi connectivity index (χ4n) is 4.42. The summed E-state index contributed by atoms with van der Waals surface area (Å²) >= 11 is 0. The Balaban J connectivity index is 1.52. The average Bonchev–Trinajstić information content (AvgIpc) is 3.07. The van der Waals surface area contributed by atoms with Gasteiger partial charge in [-0.1, -0.05) is 55.5 Å². The molecule has 0 radical (unpaired) electrons. The molecule has 0 aliphatic heterocycles. The van der Waals surface area contributed by atoms with Gasteiger partial charge in [-0.05, 0) is 42.9 Å². The van der Waals surface area contributed by atoms with E-state index < -0.39 is 18.1 Å². The lowest BCUT2D eigenvalue weighted by atomic mass is 9.91. The van der Waals surface area contributed by atoms with E-state index in [1.54, 1.807) is 0 Å². The number of hydrogen-bond acceptors (Lipinski definition) is 3. The van der Waals surface area contributed by atoms with E-state index in [9.17, 15) is 14.7 Å². The van der Waals surface area contributed by atoms with Gasteiger partial charge in [-0.2, -0.15) is 0 Å². The third-order valence-corrected chi connectivity index (χ3v) is 5.83. The second-order valence-electron chi connectivity index (χ2n) is 7.72. The quantitative estimate of drug-likeness (QED) is 0.633. The van der Waals surface area contributed by atoms with Crippen molar-refractivity contribution in [2.45, 2.75) is 51.3 Å². The molecule has 156 valence electrons. The van der Waals surface area contributed by atoms with Crippen LogP contribution < -0.4 is 5.32 Å². The van der Waals surface area contributed by atoms with Crippen molar-refractivity contribution in [3.05, 3.63) is 71.4 Å². The van der Waals surface area contributed by atoms with Gasteiger partial charge in [0, 0.05) is 22.6 Å². The summed E-state index contributed by atoms with van der Waals surface area (Å²) in [6.45, 7) is 2.14. The van der Waals surface area contributed by atoms with Crippen molar-refractivity contribution in [2.24, 2.45) is 0 Å². The number of carboxylic acids is 1. The van der Waals surface area contributed by atoms with E-state index in [2.05, 4.69) is 5.32 Å². The molecule has 1 aliphatic carbocycles. The molecule has 0 bridgehead atoms. The van der Waals surface area contributed by atoms with E-state index in [4.69, 9.17) is 4.74 Å². The summed E-state index contributed by atoms with van der Waals surface area (Å²) in [6.07, 6.45) is 2.23. The second-order valence-corrected chi connectivity index (χ2v) is 7.72. The molecule has 0 saturated carbocycles. The molecule has 0 spiro atoms. The molecule has 1 aromatic heterocycles. The van der Waals surface area contributed by atoms with Gasteiger partial charge in [0.2, 0.25) is 0 Å². The van der Waals surface area contributed by atoms with Crippen molar-refractivity contribution < 1.29 is 19.4 Å². The van der Waals surface area contributed by atoms with Crippen molar-refractivity contribution in [1.29, 1.82) is 0 Å². The predicted octanol–water partition coefficient (Wildman–Crippen LogP) is 4.46. The summed E-state index contributed by atoms with van der Waals surface area (Å²) in [5.74, 6) is -0.814. The first-order valence-corrected chi connectivity index (χ1v) is 10.4. The summed E-state index contributed by atoms with van der Waals surface area (Å²) in [4.78, 5) is 24.2. The minimum Gasteiger partial charge on any atom is -0.480 e. The van der Waals surface area contributed by atoms with Crippen molar-refractivity contribution in [2.75, 3.05) is 0 Å². The Morgan fingerprint density at radius 3 is 2.63 bits per heavy atom. The second kappa shape index (κ2) is 8.61. The number of rotatable bonds is 6. The number of carboxylic acid groups (broad SMARTS) is 1. The number of carbonyl (C=O) groups excluding carboxylic acids is 1. The molecule has 2 N–H and O–H groups in total. The molecule has 30 heavy (non-hydrogen) atoms. The Morgan fingerprint density at radius 1 is 1.17 bits per heavy atom. The van der Waals surface area contributed by atoms with Crippen LogP contribution in [0.2, 0.25) is 0 Å². The number of aliphatic carboxylic acids is 1. The van der Waals surface area contributed by atoms with Gasteiger partial charge < -0.3 is 19.7 Å². The van der Waals surface area contributed by atoms with Gasteiger partial charge in [-0.15, -0.1) is 0 Å². The fourth-order valence-corrected chi connectivity index (χ4v) is 4.42. The Hall–Kier alpha value is -3.28. The smallest absolute Gasteiger partial charge is 0.407 e. The van der Waals surface area contributed by atoms with Crippen LogP contribution in [0.1, 0.15) is 42.6 Å². The number of nitrogens with zero attached hydrogens (tertiary/aromatic N) is 1. The lowest BCUT2D eigenvalue weighted by molar-refractivity contribution is -0.140. The zero-order valence-electron chi connectivity index (χ0n) is 17.0. The summed E-state index contributed by atoms with van der Waals surface area (Å²) in [5, 5.41) is 13.8. The number of ether oxygens (including phenoxy) is 1. The number of benzene rings is 2. The highest BCUT2D eigenvalue weighted by atomic mass is 16.5. The van der Waals surface area contributed by atoms with Gasteiger partial charge in [-0.25, -0.2) is 9.59 Å². The normalized spacial score (nSPS) is 16.6. The molecule has 1 amide bonds. The van der Waals surface area contributed by atoms with Crippen LogP contribution >= 0.6 is 0 Å². The van der Waals surface area contributed by atoms with E-state index in [1.807, 2.05) is 66.1 Å². The third kappa shape index (κ3) is 3.90. The lowest BCUT2D eigenvalue weighted by Crippen LogP contribution is -2.39. The molecule has 1 heterocycles. The topological polar surface area (TPSA) is 80.6 Å². The molecule has 0 saturated heterocycles. The first kappa shape index (κ1) is 20.0. The molecule has 1 aliphatic rings. The monoisotopic (exact) mass is 406 g/mol. The lowest BCUT2D eigenvalue weighted by Gasteiger charge is -2.26. The summed E-state index contributed by atoms with van der Waals surface area (Å²) in [7, 11) is 0. The number of hydrogen-bond donors (Lipinski definition) is 2. The summed E-state index contributed by atoms with van der Waals surface area (Å²) in [6, 6.07) is 16.9. The van der Waals surface area contributed by atoms with Gasteiger partial charge in [0.1, 0.15) is 12.6 Å². The standard InChI is InChI=1S/C24H26N2O4/c1-2-20(23(27)28)26-21-11-7-6-10-18(21)19-14-17(12-13-22(19)26)25-24(29)30-15-16-8-4-3-5-9-16/h3-11,17,20H,2,12-15H2,1H3,(H,25,29)(H,27,28). The summed E-state index contributed by atoms with van der Waals surface area (Å²) < 4.78 is 7.35. The maximum absolute atomic E-state index is 12.3. The van der Waals surface area contributed by atoms with Gasteiger partial charge >= 0.3 is 12.1 Å². The van der Waals surface area contributed by atoms with E-state index in [0.717, 1.165) is 40.6 Å². The number of alkyl carbamates (subject to hydrolysis) is 1. The minimum absolute atomic E-state index is 0.0371. The van der Waals surface area contributed by atoms with Crippen molar-refractivity contribution >= 4 is 23.0 Å². The number of amides is 1. The fraction of sp³-hybridized carbons (Fsp3) is 0.333. The first-order valence-electron chi connectivity index (χ1n) is 10.4. The Morgan fingerprint density at radius 2 is 1.90 bits per heavy atom. The molecule has 6 heteroatoms. The van der Waals surface area contributed by atoms with Crippen LogP contribution in [0.25, 0.3) is 10.9 Å². The molecule has 2 unspecified atom stereocenters. The van der Waals surface area contributed by atoms with Crippen LogP contribution in [0.3, 0.4) is 0 Å². The van der Waals surface area contributed by atoms with Crippen LogP contribution in [0, 0.1) is 0 Å². The Bertz CT molecular complexity index is 1060. The van der Waals surface area contributed by atoms with Crippen molar-refractivity contribution in [3.8, 4) is 0 Å². The zero-order chi connectivity index (χ0) is 21.1. The average molecular weight is 406 g/mol. The van der Waals surface area contributed by atoms with Crippen LogP contribution in [-0.4, -0.2) is 27.8 Å². The summed E-state index contributed by atoms with van der Waals surface area (Å²) in [5.41, 5.74) is 4.09. The van der Waals surface area contributed by atoms with E-state index in [-0.39, 0.29) is 12.6 Å². The van der Waals surface area contributed by atoms with E-state index in [1.165, 1.54) is 0 Å². The highest BCUT2D eigenvalue weighted by Crippen LogP contribution is 2.35. The molecule has 6 nitrogen and oxygen atoms in total. The number of nitrogens with one attached hydrogen (secondary N) is 1. The molecule has 4 rings (SSSR count). The molecule has 2 atom stereocenters. The van der Waals surface area contributed by atoms with Gasteiger partial charge in [0.15, 0.2) is 0 Å². The first-order chi connectivity index (χ1) is 14.6. The maximum atomic E-state index is 12.3. The molecular weight excluding hydrogens is 380 g/mol. The Labute approximate surface area is 175 Å². The van der Waals surface area contributed by atoms with Crippen LogP contribution in [-0.2, 0) is 29.0 Å². The van der Waals surface area contributed by atoms with Crippen LogP contribution in [0.5, 0.6) is 0 Å². The van der Waals surface area contributed by atoms with Gasteiger partial charge in [0.25, 0.3) is 0 Å². The number of aromatic nitrogens is 1. The third-order valence-electron chi connectivity index (χ3n) is 5.83. The number of carbonyl (C=O) groups is 2. The van der Waals surface area contributed by atoms with E-state index >= 15 is 0 Å². The van der Waals surface area contributed by atoms with E-state index in [0.29, 0.717) is 12.8 Å². The van der Waals surface area contributed by atoms with Gasteiger partial charge in [-0.3, -0.25) is 0 Å². The molecule has 3 aromatic rings. The minimum atomic E-state index is -0.814. The van der Waals surface area contributed by atoms with Crippen LogP contribution in [0.15, 0.2) is 54.6 Å². The number of fused-ring (bicyclic) bond motifs is 3. The molecular formula is C24H26N2O4. The highest BCUT2D eigenvalue weighted by molar-refractivity contribution is 5.88. The number of para-hydroxylation sites is 1. The Kier molecular flexibility index (Phi) is 5.74. The highest BCUT2D eigenvalue weighted by Gasteiger charge is 2.30. The SMILES string of the molecule is CCC(C(=O)O)n1c2c(c3ccccc31)CC(NC(=O)OCc1ccccc1)CC2. The van der Waals surface area contributed by atoms with Crippen molar-refractivity contribution in [1.82, 2.24) is 9.88 Å². The van der Waals surface area contributed by atoms with Crippen molar-refractivity contribution in [3.63, 3.8) is 0 Å². The van der Waals surface area contributed by atoms with Gasteiger partial charge in [0.05, 0.1) is 0 Å². The largest absolute Gasteiger partial charge is 0.480 e. The maximum Gasteiger partial charge on any atom is 0.407 e. The molecule has 2 aromatic carbocycles. The predicted molar refractivity (Wildman–Crippen MR) is 114 cm³/mol.